The Hall–Kier alpha value is -2.36. The SMILES string of the molecule is Oc1ccc(C[C@@H]2COc3c(ccc4c3OCO4)C2)cc1. The van der Waals surface area contributed by atoms with E-state index in [1.54, 1.807) is 12.1 Å². The summed E-state index contributed by atoms with van der Waals surface area (Å²) >= 11 is 0. The average molecular weight is 284 g/mol. The molecule has 4 rings (SSSR count). The number of phenols is 1. The van der Waals surface area contributed by atoms with Crippen molar-refractivity contribution >= 4 is 0 Å². The van der Waals surface area contributed by atoms with Gasteiger partial charge in [0.1, 0.15) is 5.75 Å². The van der Waals surface area contributed by atoms with Gasteiger partial charge in [-0.25, -0.2) is 0 Å². The van der Waals surface area contributed by atoms with Crippen molar-refractivity contribution in [1.82, 2.24) is 0 Å². The summed E-state index contributed by atoms with van der Waals surface area (Å²) in [6, 6.07) is 11.4. The van der Waals surface area contributed by atoms with Gasteiger partial charge in [-0.1, -0.05) is 18.2 Å². The number of hydrogen-bond donors (Lipinski definition) is 1. The minimum Gasteiger partial charge on any atom is -0.508 e. The van der Waals surface area contributed by atoms with Crippen LogP contribution in [0.15, 0.2) is 36.4 Å². The lowest BCUT2D eigenvalue weighted by Gasteiger charge is -2.26. The number of fused-ring (bicyclic) bond motifs is 3. The van der Waals surface area contributed by atoms with Crippen LogP contribution in [0.2, 0.25) is 0 Å². The maximum Gasteiger partial charge on any atom is 0.231 e. The lowest BCUT2D eigenvalue weighted by molar-refractivity contribution is 0.164. The Kier molecular flexibility index (Phi) is 2.88. The van der Waals surface area contributed by atoms with Crippen molar-refractivity contribution in [2.45, 2.75) is 12.8 Å². The van der Waals surface area contributed by atoms with Gasteiger partial charge in [-0.3, -0.25) is 0 Å². The molecule has 21 heavy (non-hydrogen) atoms. The van der Waals surface area contributed by atoms with Crippen LogP contribution in [0.25, 0.3) is 0 Å². The molecule has 2 heterocycles. The predicted molar refractivity (Wildman–Crippen MR) is 77.1 cm³/mol. The third kappa shape index (κ3) is 2.27. The summed E-state index contributed by atoms with van der Waals surface area (Å²) in [6.45, 7) is 0.944. The van der Waals surface area contributed by atoms with E-state index in [0.29, 0.717) is 18.3 Å². The van der Waals surface area contributed by atoms with E-state index in [0.717, 1.165) is 30.1 Å². The minimum atomic E-state index is 0.270. The molecule has 0 saturated carbocycles. The predicted octanol–water partition coefficient (Wildman–Crippen LogP) is 2.91. The highest BCUT2D eigenvalue weighted by Gasteiger charge is 2.28. The van der Waals surface area contributed by atoms with Crippen LogP contribution in [0.1, 0.15) is 11.1 Å². The molecule has 2 aliphatic rings. The fourth-order valence-electron chi connectivity index (χ4n) is 2.97. The maximum absolute atomic E-state index is 9.33. The summed E-state index contributed by atoms with van der Waals surface area (Å²) in [6.07, 6.45) is 1.90. The van der Waals surface area contributed by atoms with E-state index < -0.39 is 0 Å². The minimum absolute atomic E-state index is 0.270. The zero-order chi connectivity index (χ0) is 14.2. The summed E-state index contributed by atoms with van der Waals surface area (Å²) in [7, 11) is 0. The second-order valence-corrected chi connectivity index (χ2v) is 5.54. The highest BCUT2D eigenvalue weighted by molar-refractivity contribution is 5.57. The lowest BCUT2D eigenvalue weighted by Crippen LogP contribution is -2.23. The number of benzene rings is 2. The van der Waals surface area contributed by atoms with Crippen LogP contribution in [0.5, 0.6) is 23.0 Å². The molecular formula is C17H16O4. The molecule has 2 aromatic rings. The fourth-order valence-corrected chi connectivity index (χ4v) is 2.97. The molecule has 4 nitrogen and oxygen atoms in total. The van der Waals surface area contributed by atoms with Crippen LogP contribution in [0.3, 0.4) is 0 Å². The van der Waals surface area contributed by atoms with Crippen LogP contribution in [0.4, 0.5) is 0 Å². The van der Waals surface area contributed by atoms with Gasteiger partial charge in [0.15, 0.2) is 11.5 Å². The fraction of sp³-hybridized carbons (Fsp3) is 0.294. The first-order valence-electron chi connectivity index (χ1n) is 7.12. The summed E-state index contributed by atoms with van der Waals surface area (Å²) in [4.78, 5) is 0. The first-order valence-corrected chi connectivity index (χ1v) is 7.12. The molecule has 2 aromatic carbocycles. The molecule has 0 aliphatic carbocycles. The van der Waals surface area contributed by atoms with Gasteiger partial charge in [0.05, 0.1) is 6.61 Å². The van der Waals surface area contributed by atoms with Crippen LogP contribution in [0, 0.1) is 5.92 Å². The molecular weight excluding hydrogens is 268 g/mol. The summed E-state index contributed by atoms with van der Waals surface area (Å²) < 4.78 is 16.8. The van der Waals surface area contributed by atoms with Gasteiger partial charge in [0, 0.05) is 5.92 Å². The van der Waals surface area contributed by atoms with E-state index in [4.69, 9.17) is 14.2 Å². The molecule has 0 unspecified atom stereocenters. The first kappa shape index (κ1) is 12.4. The Morgan fingerprint density at radius 3 is 2.67 bits per heavy atom. The van der Waals surface area contributed by atoms with E-state index in [-0.39, 0.29) is 6.79 Å². The van der Waals surface area contributed by atoms with Gasteiger partial charge in [0.2, 0.25) is 12.5 Å². The highest BCUT2D eigenvalue weighted by atomic mass is 16.7. The van der Waals surface area contributed by atoms with Crippen LogP contribution in [-0.4, -0.2) is 18.5 Å². The van der Waals surface area contributed by atoms with Crippen molar-refractivity contribution in [2.75, 3.05) is 13.4 Å². The number of ether oxygens (including phenoxy) is 3. The van der Waals surface area contributed by atoms with Crippen molar-refractivity contribution in [3.8, 4) is 23.0 Å². The molecule has 0 amide bonds. The second-order valence-electron chi connectivity index (χ2n) is 5.54. The molecule has 0 saturated heterocycles. The number of aromatic hydroxyl groups is 1. The van der Waals surface area contributed by atoms with Gasteiger partial charge >= 0.3 is 0 Å². The average Bonchev–Trinajstić information content (AvgIpc) is 2.98. The normalized spacial score (nSPS) is 19.0. The zero-order valence-electron chi connectivity index (χ0n) is 11.5. The second kappa shape index (κ2) is 4.88. The third-order valence-corrected chi connectivity index (χ3v) is 4.01. The number of phenolic OH excluding ortho intramolecular Hbond substituents is 1. The molecule has 0 fully saturated rings. The smallest absolute Gasteiger partial charge is 0.231 e. The van der Waals surface area contributed by atoms with E-state index in [9.17, 15) is 5.11 Å². The van der Waals surface area contributed by atoms with Crippen molar-refractivity contribution in [1.29, 1.82) is 0 Å². The van der Waals surface area contributed by atoms with Crippen molar-refractivity contribution in [2.24, 2.45) is 5.92 Å². The van der Waals surface area contributed by atoms with Crippen LogP contribution >= 0.6 is 0 Å². The molecule has 4 heteroatoms. The summed E-state index contributed by atoms with van der Waals surface area (Å²) in [5.74, 6) is 3.09. The van der Waals surface area contributed by atoms with Crippen molar-refractivity contribution < 1.29 is 19.3 Å². The molecule has 1 atom stereocenters. The maximum atomic E-state index is 9.33. The van der Waals surface area contributed by atoms with E-state index in [2.05, 4.69) is 6.07 Å². The summed E-state index contributed by atoms with van der Waals surface area (Å²) in [5, 5.41) is 9.33. The standard InChI is InChI=1S/C17H16O4/c18-14-4-1-11(2-5-14)7-12-8-13-3-6-15-17(21-10-20-15)16(13)19-9-12/h1-6,12,18H,7-10H2/t12-/m0/s1. The first-order chi connectivity index (χ1) is 10.3. The summed E-state index contributed by atoms with van der Waals surface area (Å²) in [5.41, 5.74) is 2.39. The largest absolute Gasteiger partial charge is 0.508 e. The zero-order valence-corrected chi connectivity index (χ0v) is 11.5. The number of rotatable bonds is 2. The molecule has 0 bridgehead atoms. The molecule has 0 aromatic heterocycles. The van der Waals surface area contributed by atoms with Gasteiger partial charge < -0.3 is 19.3 Å². The van der Waals surface area contributed by atoms with Gasteiger partial charge in [-0.05, 0) is 42.2 Å². The topological polar surface area (TPSA) is 47.9 Å². The van der Waals surface area contributed by atoms with Crippen LogP contribution in [-0.2, 0) is 12.8 Å². The Labute approximate surface area is 122 Å². The Bertz CT molecular complexity index is 663. The number of hydrogen-bond acceptors (Lipinski definition) is 4. The molecule has 0 radical (unpaired) electrons. The van der Waals surface area contributed by atoms with Crippen LogP contribution < -0.4 is 14.2 Å². The van der Waals surface area contributed by atoms with Crippen molar-refractivity contribution in [3.63, 3.8) is 0 Å². The van der Waals surface area contributed by atoms with E-state index >= 15 is 0 Å². The molecule has 0 spiro atoms. The van der Waals surface area contributed by atoms with E-state index in [1.807, 2.05) is 18.2 Å². The van der Waals surface area contributed by atoms with Gasteiger partial charge in [0.25, 0.3) is 0 Å². The quantitative estimate of drug-likeness (QED) is 0.921. The Morgan fingerprint density at radius 2 is 1.81 bits per heavy atom. The lowest BCUT2D eigenvalue weighted by atomic mass is 9.90. The Morgan fingerprint density at radius 1 is 0.952 bits per heavy atom. The van der Waals surface area contributed by atoms with E-state index in [1.165, 1.54) is 11.1 Å². The monoisotopic (exact) mass is 284 g/mol. The molecule has 108 valence electrons. The molecule has 1 N–H and O–H groups in total. The highest BCUT2D eigenvalue weighted by Crippen LogP contribution is 2.45. The Balaban J connectivity index is 1.53. The van der Waals surface area contributed by atoms with Crippen molar-refractivity contribution in [3.05, 3.63) is 47.5 Å². The van der Waals surface area contributed by atoms with Gasteiger partial charge in [-0.15, -0.1) is 0 Å². The van der Waals surface area contributed by atoms with Gasteiger partial charge in [-0.2, -0.15) is 0 Å². The third-order valence-electron chi connectivity index (χ3n) is 4.01. The molecule has 2 aliphatic heterocycles.